The summed E-state index contributed by atoms with van der Waals surface area (Å²) in [5, 5.41) is 14.3. The molecular formula is C12H18N4O3. The maximum atomic E-state index is 11.5. The van der Waals surface area contributed by atoms with Crippen molar-refractivity contribution in [3.63, 3.8) is 0 Å². The van der Waals surface area contributed by atoms with Gasteiger partial charge in [0.1, 0.15) is 0 Å². The number of rotatable bonds is 6. The molecular weight excluding hydrogens is 248 g/mol. The van der Waals surface area contributed by atoms with E-state index in [0.717, 1.165) is 0 Å². The van der Waals surface area contributed by atoms with E-state index < -0.39 is 5.97 Å². The smallest absolute Gasteiger partial charge is 0.356 e. The molecule has 0 atom stereocenters. The highest BCUT2D eigenvalue weighted by molar-refractivity contribution is 5.84. The van der Waals surface area contributed by atoms with Crippen molar-refractivity contribution in [3.8, 4) is 0 Å². The van der Waals surface area contributed by atoms with E-state index in [4.69, 9.17) is 5.11 Å². The van der Waals surface area contributed by atoms with Gasteiger partial charge in [-0.2, -0.15) is 0 Å². The van der Waals surface area contributed by atoms with E-state index >= 15 is 0 Å². The van der Waals surface area contributed by atoms with Gasteiger partial charge in [-0.15, -0.1) is 0 Å². The summed E-state index contributed by atoms with van der Waals surface area (Å²) >= 11 is 0. The zero-order valence-electron chi connectivity index (χ0n) is 10.8. The molecule has 0 spiro atoms. The lowest BCUT2D eigenvalue weighted by molar-refractivity contribution is 0.0691. The molecule has 2 rings (SSSR count). The number of carboxylic acids is 1. The zero-order valence-corrected chi connectivity index (χ0v) is 10.8. The molecule has 7 heteroatoms. The van der Waals surface area contributed by atoms with Crippen LogP contribution >= 0.6 is 0 Å². The van der Waals surface area contributed by atoms with Crippen LogP contribution in [0, 0.1) is 5.41 Å². The number of carboxylic acid groups (broad SMARTS) is 1. The summed E-state index contributed by atoms with van der Waals surface area (Å²) in [5.41, 5.74) is 0.295. The van der Waals surface area contributed by atoms with Crippen LogP contribution < -0.4 is 10.6 Å². The Balaban J connectivity index is 1.64. The lowest BCUT2D eigenvalue weighted by Crippen LogP contribution is -2.39. The van der Waals surface area contributed by atoms with E-state index in [1.54, 1.807) is 4.57 Å². The van der Waals surface area contributed by atoms with Crippen LogP contribution in [0.25, 0.3) is 0 Å². The summed E-state index contributed by atoms with van der Waals surface area (Å²) in [6.45, 7) is 3.77. The van der Waals surface area contributed by atoms with Gasteiger partial charge < -0.3 is 20.3 Å². The molecule has 1 aromatic rings. The summed E-state index contributed by atoms with van der Waals surface area (Å²) in [4.78, 5) is 25.8. The number of carbonyl (C=O) groups is 2. The molecule has 1 aromatic heterocycles. The second-order valence-corrected chi connectivity index (χ2v) is 5.22. The third-order valence-corrected chi connectivity index (χ3v) is 3.29. The summed E-state index contributed by atoms with van der Waals surface area (Å²) in [6.07, 6.45) is 5.21. The number of carbonyl (C=O) groups excluding carboxylic acids is 1. The SMILES string of the molecule is CC1(CNC(=O)NCCn2cnc(C(=O)O)c2)CC1. The van der Waals surface area contributed by atoms with Crippen LogP contribution in [0.3, 0.4) is 0 Å². The number of amides is 2. The minimum Gasteiger partial charge on any atom is -0.476 e. The van der Waals surface area contributed by atoms with Crippen molar-refractivity contribution in [2.45, 2.75) is 26.3 Å². The third kappa shape index (κ3) is 3.97. The van der Waals surface area contributed by atoms with E-state index in [0.29, 0.717) is 19.6 Å². The van der Waals surface area contributed by atoms with E-state index in [1.165, 1.54) is 25.4 Å². The molecule has 1 fully saturated rings. The predicted octanol–water partition coefficient (Wildman–Crippen LogP) is 0.681. The number of urea groups is 1. The maximum absolute atomic E-state index is 11.5. The maximum Gasteiger partial charge on any atom is 0.356 e. The molecule has 0 unspecified atom stereocenters. The zero-order chi connectivity index (χ0) is 13.9. The molecule has 7 nitrogen and oxygen atoms in total. The van der Waals surface area contributed by atoms with Crippen LogP contribution in [-0.2, 0) is 6.54 Å². The Morgan fingerprint density at radius 2 is 2.21 bits per heavy atom. The van der Waals surface area contributed by atoms with Crippen molar-refractivity contribution < 1.29 is 14.7 Å². The molecule has 1 saturated carbocycles. The van der Waals surface area contributed by atoms with Gasteiger partial charge in [0, 0.05) is 25.8 Å². The van der Waals surface area contributed by atoms with Gasteiger partial charge in [-0.3, -0.25) is 0 Å². The minimum atomic E-state index is -1.05. The molecule has 3 N–H and O–H groups in total. The number of nitrogens with one attached hydrogen (secondary N) is 2. The van der Waals surface area contributed by atoms with Gasteiger partial charge in [-0.1, -0.05) is 6.92 Å². The van der Waals surface area contributed by atoms with E-state index in [9.17, 15) is 9.59 Å². The van der Waals surface area contributed by atoms with Gasteiger partial charge in [-0.05, 0) is 18.3 Å². The third-order valence-electron chi connectivity index (χ3n) is 3.29. The van der Waals surface area contributed by atoms with Gasteiger partial charge in [0.25, 0.3) is 0 Å². The van der Waals surface area contributed by atoms with Gasteiger partial charge in [0.2, 0.25) is 0 Å². The lowest BCUT2D eigenvalue weighted by atomic mass is 10.1. The lowest BCUT2D eigenvalue weighted by Gasteiger charge is -2.11. The molecule has 104 valence electrons. The number of aromatic nitrogens is 2. The summed E-state index contributed by atoms with van der Waals surface area (Å²) in [5.74, 6) is -1.05. The average molecular weight is 266 g/mol. The first kappa shape index (κ1) is 13.4. The van der Waals surface area contributed by atoms with Crippen molar-refractivity contribution in [2.75, 3.05) is 13.1 Å². The highest BCUT2D eigenvalue weighted by Gasteiger charge is 2.37. The van der Waals surface area contributed by atoms with Gasteiger partial charge in [0.15, 0.2) is 5.69 Å². The first-order valence-corrected chi connectivity index (χ1v) is 6.25. The van der Waals surface area contributed by atoms with Crippen LogP contribution in [-0.4, -0.2) is 39.7 Å². The fourth-order valence-corrected chi connectivity index (χ4v) is 1.64. The molecule has 0 aliphatic heterocycles. The van der Waals surface area contributed by atoms with Gasteiger partial charge in [0.05, 0.1) is 6.33 Å². The van der Waals surface area contributed by atoms with Gasteiger partial charge in [-0.25, -0.2) is 14.6 Å². The Bertz CT molecular complexity index is 479. The van der Waals surface area contributed by atoms with Crippen LogP contribution in [0.15, 0.2) is 12.5 Å². The Labute approximate surface area is 111 Å². The highest BCUT2D eigenvalue weighted by atomic mass is 16.4. The van der Waals surface area contributed by atoms with Crippen molar-refractivity contribution in [3.05, 3.63) is 18.2 Å². The second-order valence-electron chi connectivity index (χ2n) is 5.22. The Hall–Kier alpha value is -2.05. The van der Waals surface area contributed by atoms with E-state index in [-0.39, 0.29) is 17.1 Å². The Kier molecular flexibility index (Phi) is 3.73. The van der Waals surface area contributed by atoms with Crippen LogP contribution in [0.1, 0.15) is 30.3 Å². The fourth-order valence-electron chi connectivity index (χ4n) is 1.64. The number of hydrogen-bond donors (Lipinski definition) is 3. The monoisotopic (exact) mass is 266 g/mol. The largest absolute Gasteiger partial charge is 0.476 e. The summed E-state index contributed by atoms with van der Waals surface area (Å²) in [7, 11) is 0. The molecule has 0 bridgehead atoms. The molecule has 19 heavy (non-hydrogen) atoms. The predicted molar refractivity (Wildman–Crippen MR) is 67.9 cm³/mol. The first-order valence-electron chi connectivity index (χ1n) is 6.25. The quantitative estimate of drug-likeness (QED) is 0.705. The molecule has 1 aliphatic rings. The van der Waals surface area contributed by atoms with Crippen LogP contribution in [0.4, 0.5) is 4.79 Å². The highest BCUT2D eigenvalue weighted by Crippen LogP contribution is 2.43. The number of imidazole rings is 1. The topological polar surface area (TPSA) is 96.3 Å². The molecule has 1 heterocycles. The number of hydrogen-bond acceptors (Lipinski definition) is 3. The standard InChI is InChI=1S/C12H18N4O3/c1-12(2-3-12)7-14-11(19)13-4-5-16-6-9(10(17)18)15-8-16/h6,8H,2-5,7H2,1H3,(H,17,18)(H2,13,14,19). The van der Waals surface area contributed by atoms with Crippen molar-refractivity contribution in [1.29, 1.82) is 0 Å². The van der Waals surface area contributed by atoms with Gasteiger partial charge >= 0.3 is 12.0 Å². The van der Waals surface area contributed by atoms with E-state index in [2.05, 4.69) is 22.5 Å². The Morgan fingerprint density at radius 1 is 1.47 bits per heavy atom. The normalized spacial score (nSPS) is 15.8. The first-order chi connectivity index (χ1) is 8.98. The molecule has 0 radical (unpaired) electrons. The summed E-state index contributed by atoms with van der Waals surface area (Å²) in [6, 6.07) is -0.188. The molecule has 0 aromatic carbocycles. The molecule has 1 aliphatic carbocycles. The fraction of sp³-hybridized carbons (Fsp3) is 0.583. The number of aromatic carboxylic acids is 1. The van der Waals surface area contributed by atoms with Crippen LogP contribution in [0.2, 0.25) is 0 Å². The van der Waals surface area contributed by atoms with Crippen molar-refractivity contribution >= 4 is 12.0 Å². The molecule has 2 amide bonds. The summed E-state index contributed by atoms with van der Waals surface area (Å²) < 4.78 is 1.63. The van der Waals surface area contributed by atoms with Crippen LogP contribution in [0.5, 0.6) is 0 Å². The minimum absolute atomic E-state index is 0.00566. The Morgan fingerprint density at radius 3 is 2.79 bits per heavy atom. The van der Waals surface area contributed by atoms with E-state index in [1.807, 2.05) is 0 Å². The number of nitrogens with zero attached hydrogens (tertiary/aromatic N) is 2. The van der Waals surface area contributed by atoms with Crippen molar-refractivity contribution in [1.82, 2.24) is 20.2 Å². The van der Waals surface area contributed by atoms with Crippen molar-refractivity contribution in [2.24, 2.45) is 5.41 Å². The second kappa shape index (κ2) is 5.29. The average Bonchev–Trinajstić information content (AvgIpc) is 2.91. The molecule has 0 saturated heterocycles.